The molecule has 0 aromatic heterocycles. The maximum Gasteiger partial charge on any atom is 0.328 e. The molecule has 1 aromatic rings. The minimum absolute atomic E-state index is 0. The fourth-order valence-electron chi connectivity index (χ4n) is 0.732. The molecule has 67 valence electrons. The third kappa shape index (κ3) is 4.13. The number of carboxylic acid groups (broad SMARTS) is 1. The number of benzene rings is 1. The first kappa shape index (κ1) is 11.2. The second-order valence-corrected chi connectivity index (χ2v) is 2.08. The van der Waals surface area contributed by atoms with E-state index < -0.39 is 5.97 Å². The Morgan fingerprint density at radius 1 is 1.25 bits per heavy atom. The number of rotatable bonds is 2. The Labute approximate surface area is 86.4 Å². The van der Waals surface area contributed by atoms with Gasteiger partial charge in [-0.3, -0.25) is 0 Å². The Kier molecular flexibility index (Phi) is 5.37. The van der Waals surface area contributed by atoms with Crippen molar-refractivity contribution >= 4 is 12.0 Å². The van der Waals surface area contributed by atoms with Gasteiger partial charge in [-0.25, -0.2) is 4.79 Å². The zero-order valence-corrected chi connectivity index (χ0v) is 7.68. The van der Waals surface area contributed by atoms with E-state index in [0.717, 1.165) is 11.6 Å². The first-order valence-corrected chi connectivity index (χ1v) is 3.25. The van der Waals surface area contributed by atoms with Crippen molar-refractivity contribution < 1.29 is 32.3 Å². The van der Waals surface area contributed by atoms with Crippen LogP contribution in [0, 0.1) is 0 Å². The summed E-state index contributed by atoms with van der Waals surface area (Å²) in [4.78, 5) is 10.1. The molecule has 0 amide bonds. The van der Waals surface area contributed by atoms with Crippen LogP contribution in [0.15, 0.2) is 36.4 Å². The average molecular weight is 256 g/mol. The monoisotopic (exact) mass is 255 g/mol. The Morgan fingerprint density at radius 3 is 2.33 bits per heavy atom. The molecule has 1 N–H and O–H groups in total. The van der Waals surface area contributed by atoms with E-state index in [0.29, 0.717) is 0 Å². The number of hydrogen-bond donors (Lipinski definition) is 1. The maximum absolute atomic E-state index is 10.1. The molecule has 3 heteroatoms. The van der Waals surface area contributed by atoms with Gasteiger partial charge in [0, 0.05) is 28.5 Å². The van der Waals surface area contributed by atoms with Gasteiger partial charge in [-0.05, 0) is 11.6 Å². The van der Waals surface area contributed by atoms with Gasteiger partial charge in [0.05, 0.1) is 0 Å². The van der Waals surface area contributed by atoms with Crippen LogP contribution in [-0.2, 0) is 27.2 Å². The molecule has 0 fully saturated rings. The third-order valence-electron chi connectivity index (χ3n) is 1.22. The van der Waals surface area contributed by atoms with Gasteiger partial charge in [0.1, 0.15) is 0 Å². The quantitative estimate of drug-likeness (QED) is 0.646. The molecule has 0 unspecified atom stereocenters. The summed E-state index contributed by atoms with van der Waals surface area (Å²) in [5, 5.41) is 8.29. The van der Waals surface area contributed by atoms with E-state index in [9.17, 15) is 4.79 Å². The van der Waals surface area contributed by atoms with Gasteiger partial charge >= 0.3 is 5.97 Å². The standard InChI is InChI=1S/C9H8O2.Ag/c10-9(11)7-6-8-4-2-1-3-5-8;/h1-7H,(H,10,11);. The molecule has 0 aliphatic rings. The molecule has 0 spiro atoms. The first-order chi connectivity index (χ1) is 5.29. The van der Waals surface area contributed by atoms with Gasteiger partial charge < -0.3 is 5.11 Å². The summed E-state index contributed by atoms with van der Waals surface area (Å²) in [6.07, 6.45) is 2.68. The fraction of sp³-hybridized carbons (Fsp3) is 0. The molecule has 0 heterocycles. The summed E-state index contributed by atoms with van der Waals surface area (Å²) >= 11 is 0. The van der Waals surface area contributed by atoms with Crippen LogP contribution in [0.25, 0.3) is 6.08 Å². The van der Waals surface area contributed by atoms with Crippen LogP contribution in [0.3, 0.4) is 0 Å². The second-order valence-electron chi connectivity index (χ2n) is 2.08. The molecule has 2 nitrogen and oxygen atoms in total. The van der Waals surface area contributed by atoms with Crippen molar-refractivity contribution in [2.45, 2.75) is 0 Å². The summed E-state index contributed by atoms with van der Waals surface area (Å²) < 4.78 is 0. The van der Waals surface area contributed by atoms with Gasteiger partial charge in [0.2, 0.25) is 0 Å². The molecule has 0 bridgehead atoms. The van der Waals surface area contributed by atoms with E-state index in [-0.39, 0.29) is 22.4 Å². The van der Waals surface area contributed by atoms with Crippen LogP contribution < -0.4 is 0 Å². The molecule has 12 heavy (non-hydrogen) atoms. The molecule has 0 saturated heterocycles. The van der Waals surface area contributed by atoms with E-state index in [4.69, 9.17) is 5.11 Å². The zero-order chi connectivity index (χ0) is 8.10. The van der Waals surface area contributed by atoms with E-state index >= 15 is 0 Å². The number of carbonyl (C=O) groups is 1. The summed E-state index contributed by atoms with van der Waals surface area (Å²) in [6.45, 7) is 0. The molecular weight excluding hydrogens is 248 g/mol. The maximum atomic E-state index is 10.1. The zero-order valence-electron chi connectivity index (χ0n) is 6.20. The van der Waals surface area contributed by atoms with Crippen LogP contribution in [0.2, 0.25) is 0 Å². The van der Waals surface area contributed by atoms with Crippen molar-refractivity contribution in [2.75, 3.05) is 0 Å². The van der Waals surface area contributed by atoms with Gasteiger partial charge in [-0.15, -0.1) is 0 Å². The largest absolute Gasteiger partial charge is 0.478 e. The van der Waals surface area contributed by atoms with Gasteiger partial charge in [-0.1, -0.05) is 30.3 Å². The Hall–Kier alpha value is -0.830. The molecule has 0 aliphatic carbocycles. The molecule has 1 rings (SSSR count). The van der Waals surface area contributed by atoms with Crippen LogP contribution in [0.4, 0.5) is 0 Å². The van der Waals surface area contributed by atoms with E-state index in [1.165, 1.54) is 0 Å². The smallest absolute Gasteiger partial charge is 0.328 e. The SMILES string of the molecule is O=C(O)C=Cc1ccccc1.[Ag]. The predicted molar refractivity (Wildman–Crippen MR) is 43.1 cm³/mol. The molecule has 1 radical (unpaired) electrons. The summed E-state index contributed by atoms with van der Waals surface area (Å²) in [6, 6.07) is 9.31. The van der Waals surface area contributed by atoms with E-state index in [1.54, 1.807) is 6.08 Å². The molecule has 1 aromatic carbocycles. The van der Waals surface area contributed by atoms with Gasteiger partial charge in [-0.2, -0.15) is 0 Å². The topological polar surface area (TPSA) is 37.3 Å². The Morgan fingerprint density at radius 2 is 1.83 bits per heavy atom. The Bertz CT molecular complexity index is 267. The fourth-order valence-corrected chi connectivity index (χ4v) is 0.732. The van der Waals surface area contributed by atoms with Crippen LogP contribution >= 0.6 is 0 Å². The molecule has 0 aliphatic heterocycles. The minimum Gasteiger partial charge on any atom is -0.478 e. The number of aliphatic carboxylic acids is 1. The summed E-state index contributed by atoms with van der Waals surface area (Å²) in [5.41, 5.74) is 0.898. The molecule has 0 atom stereocenters. The van der Waals surface area contributed by atoms with Crippen molar-refractivity contribution in [1.82, 2.24) is 0 Å². The summed E-state index contributed by atoms with van der Waals surface area (Å²) in [5.74, 6) is -0.922. The van der Waals surface area contributed by atoms with E-state index in [2.05, 4.69) is 0 Å². The van der Waals surface area contributed by atoms with Crippen molar-refractivity contribution in [1.29, 1.82) is 0 Å². The van der Waals surface area contributed by atoms with E-state index in [1.807, 2.05) is 30.3 Å². The normalized spacial score (nSPS) is 9.33. The van der Waals surface area contributed by atoms with Crippen LogP contribution in [0.5, 0.6) is 0 Å². The number of carboxylic acids is 1. The van der Waals surface area contributed by atoms with Crippen molar-refractivity contribution in [3.05, 3.63) is 42.0 Å². The van der Waals surface area contributed by atoms with Gasteiger partial charge in [0.25, 0.3) is 0 Å². The van der Waals surface area contributed by atoms with Gasteiger partial charge in [0.15, 0.2) is 0 Å². The first-order valence-electron chi connectivity index (χ1n) is 3.25. The average Bonchev–Trinajstić information content (AvgIpc) is 2.03. The van der Waals surface area contributed by atoms with Crippen molar-refractivity contribution in [3.8, 4) is 0 Å². The van der Waals surface area contributed by atoms with Crippen LogP contribution in [0.1, 0.15) is 5.56 Å². The number of hydrogen-bond acceptors (Lipinski definition) is 1. The second kappa shape index (κ2) is 5.77. The predicted octanol–water partition coefficient (Wildman–Crippen LogP) is 1.78. The van der Waals surface area contributed by atoms with Crippen molar-refractivity contribution in [3.63, 3.8) is 0 Å². The van der Waals surface area contributed by atoms with Crippen LogP contribution in [-0.4, -0.2) is 11.1 Å². The molecule has 0 saturated carbocycles. The molecular formula is C9H8AgO2. The third-order valence-corrected chi connectivity index (χ3v) is 1.22. The van der Waals surface area contributed by atoms with Crippen molar-refractivity contribution in [2.24, 2.45) is 0 Å². The minimum atomic E-state index is -0.922. The summed E-state index contributed by atoms with van der Waals surface area (Å²) in [7, 11) is 0. The Balaban J connectivity index is 0.00000121.